The third kappa shape index (κ3) is 4.91. The van der Waals surface area contributed by atoms with Crippen molar-refractivity contribution in [2.24, 2.45) is 7.05 Å². The molecular formula is C43H37N5O. The Morgan fingerprint density at radius 3 is 2.12 bits per heavy atom. The number of aryl methyl sites for hydroxylation is 1. The Morgan fingerprint density at radius 1 is 0.612 bits per heavy atom. The molecule has 0 fully saturated rings. The summed E-state index contributed by atoms with van der Waals surface area (Å²) in [5.74, 6) is 2.47. The van der Waals surface area contributed by atoms with Gasteiger partial charge in [0, 0.05) is 65.2 Å². The molecule has 0 radical (unpaired) electrons. The number of benzene rings is 5. The summed E-state index contributed by atoms with van der Waals surface area (Å²) in [5, 5.41) is 3.47. The zero-order valence-electron chi connectivity index (χ0n) is 28.1. The Bertz CT molecular complexity index is 2520. The highest BCUT2D eigenvalue weighted by Crippen LogP contribution is 2.46. The summed E-state index contributed by atoms with van der Waals surface area (Å²) >= 11 is 0. The summed E-state index contributed by atoms with van der Waals surface area (Å²) in [6, 6.07) is 45.1. The lowest BCUT2D eigenvalue weighted by molar-refractivity contribution is 0.479. The van der Waals surface area contributed by atoms with Crippen molar-refractivity contribution in [2.45, 2.75) is 26.2 Å². The lowest BCUT2D eigenvalue weighted by Gasteiger charge is -2.26. The van der Waals surface area contributed by atoms with Crippen LogP contribution in [-0.2, 0) is 12.5 Å². The standard InChI is InChI=1S/C43H37N5O/c1-43(2,3)30-22-32(47-28-46(31-12-6-5-7-13-31)38-16-10-11-17-39(38)47)24-34(23-30)49-33-18-19-36-35-14-8-9-15-37(35)48(41(36)25-33)42-26-40-29(27-44-42)20-21-45(40)4/h5-27H,28H2,1-4H3. The maximum absolute atomic E-state index is 6.81. The highest BCUT2D eigenvalue weighted by molar-refractivity contribution is 6.09. The zero-order valence-corrected chi connectivity index (χ0v) is 28.1. The van der Waals surface area contributed by atoms with Crippen LogP contribution in [0.5, 0.6) is 11.5 Å². The highest BCUT2D eigenvalue weighted by atomic mass is 16.5. The van der Waals surface area contributed by atoms with E-state index in [2.05, 4.69) is 180 Å². The van der Waals surface area contributed by atoms with Crippen LogP contribution in [0.2, 0.25) is 0 Å². The number of ether oxygens (including phenoxy) is 1. The van der Waals surface area contributed by atoms with E-state index in [9.17, 15) is 0 Å². The average molecular weight is 640 g/mol. The molecule has 6 heteroatoms. The van der Waals surface area contributed by atoms with Crippen molar-refractivity contribution in [2.75, 3.05) is 16.5 Å². The second kappa shape index (κ2) is 11.0. The van der Waals surface area contributed by atoms with Crippen molar-refractivity contribution < 1.29 is 4.74 Å². The molecule has 6 nitrogen and oxygen atoms in total. The minimum absolute atomic E-state index is 0.0793. The monoisotopic (exact) mass is 639 g/mol. The minimum Gasteiger partial charge on any atom is -0.457 e. The van der Waals surface area contributed by atoms with Gasteiger partial charge in [0.1, 0.15) is 24.0 Å². The van der Waals surface area contributed by atoms with Gasteiger partial charge in [0.2, 0.25) is 0 Å². The van der Waals surface area contributed by atoms with Crippen molar-refractivity contribution in [3.63, 3.8) is 0 Å². The Morgan fingerprint density at radius 2 is 1.33 bits per heavy atom. The van der Waals surface area contributed by atoms with Gasteiger partial charge in [-0.2, -0.15) is 0 Å². The van der Waals surface area contributed by atoms with Crippen LogP contribution in [0.15, 0.2) is 140 Å². The Hall–Kier alpha value is -6.01. The Kier molecular flexibility index (Phi) is 6.56. The Labute approximate surface area is 286 Å². The van der Waals surface area contributed by atoms with Crippen molar-refractivity contribution >= 4 is 55.5 Å². The number of fused-ring (bicyclic) bond motifs is 5. The van der Waals surface area contributed by atoms with E-state index in [-0.39, 0.29) is 5.41 Å². The molecule has 0 spiro atoms. The van der Waals surface area contributed by atoms with Gasteiger partial charge in [-0.1, -0.05) is 69.3 Å². The van der Waals surface area contributed by atoms with Crippen LogP contribution in [0.3, 0.4) is 0 Å². The maximum atomic E-state index is 6.81. The van der Waals surface area contributed by atoms with E-state index >= 15 is 0 Å². The van der Waals surface area contributed by atoms with Gasteiger partial charge < -0.3 is 19.1 Å². The molecule has 3 aromatic heterocycles. The molecule has 5 aromatic carbocycles. The van der Waals surface area contributed by atoms with Gasteiger partial charge in [-0.05, 0) is 71.6 Å². The van der Waals surface area contributed by atoms with Crippen LogP contribution in [0.4, 0.5) is 22.7 Å². The molecule has 0 amide bonds. The van der Waals surface area contributed by atoms with Gasteiger partial charge in [0.25, 0.3) is 0 Å². The summed E-state index contributed by atoms with van der Waals surface area (Å²) < 4.78 is 11.2. The third-order valence-electron chi connectivity index (χ3n) is 9.75. The second-order valence-corrected chi connectivity index (χ2v) is 13.9. The molecule has 0 aliphatic carbocycles. The lowest BCUT2D eigenvalue weighted by atomic mass is 9.86. The molecular weight excluding hydrogens is 603 g/mol. The Balaban J connectivity index is 1.15. The molecule has 0 N–H and O–H groups in total. The summed E-state index contributed by atoms with van der Waals surface area (Å²) in [7, 11) is 2.07. The molecule has 0 unspecified atom stereocenters. The number of nitrogens with zero attached hydrogens (tertiary/aromatic N) is 5. The van der Waals surface area contributed by atoms with Crippen molar-refractivity contribution in [1.82, 2.24) is 14.1 Å². The van der Waals surface area contributed by atoms with Crippen LogP contribution in [0.1, 0.15) is 26.3 Å². The van der Waals surface area contributed by atoms with E-state index < -0.39 is 0 Å². The van der Waals surface area contributed by atoms with Crippen LogP contribution < -0.4 is 14.5 Å². The van der Waals surface area contributed by atoms with E-state index in [0.29, 0.717) is 6.67 Å². The molecule has 1 aliphatic heterocycles. The third-order valence-corrected chi connectivity index (χ3v) is 9.75. The summed E-state index contributed by atoms with van der Waals surface area (Å²) in [5.41, 5.74) is 9.09. The lowest BCUT2D eigenvalue weighted by Crippen LogP contribution is -2.24. The van der Waals surface area contributed by atoms with Crippen LogP contribution in [0.25, 0.3) is 38.5 Å². The van der Waals surface area contributed by atoms with Gasteiger partial charge in [-0.15, -0.1) is 0 Å². The first-order valence-corrected chi connectivity index (χ1v) is 16.8. The first kappa shape index (κ1) is 29.2. The van der Waals surface area contributed by atoms with Crippen LogP contribution in [-0.4, -0.2) is 20.8 Å². The highest BCUT2D eigenvalue weighted by Gasteiger charge is 2.29. The fourth-order valence-electron chi connectivity index (χ4n) is 7.16. The van der Waals surface area contributed by atoms with Crippen molar-refractivity contribution in [1.29, 1.82) is 0 Å². The predicted molar refractivity (Wildman–Crippen MR) is 202 cm³/mol. The van der Waals surface area contributed by atoms with E-state index in [1.807, 2.05) is 6.20 Å². The summed E-state index contributed by atoms with van der Waals surface area (Å²) in [6.45, 7) is 7.47. The smallest absolute Gasteiger partial charge is 0.139 e. The molecule has 240 valence electrons. The number of pyridine rings is 1. The largest absolute Gasteiger partial charge is 0.457 e. The van der Waals surface area contributed by atoms with Gasteiger partial charge in [-0.3, -0.25) is 4.57 Å². The molecule has 1 aliphatic rings. The van der Waals surface area contributed by atoms with E-state index in [1.54, 1.807) is 0 Å². The van der Waals surface area contributed by atoms with Gasteiger partial charge in [0.05, 0.1) is 27.9 Å². The van der Waals surface area contributed by atoms with Gasteiger partial charge >= 0.3 is 0 Å². The van der Waals surface area contributed by atoms with Crippen LogP contribution >= 0.6 is 0 Å². The molecule has 0 saturated heterocycles. The van der Waals surface area contributed by atoms with E-state index in [0.717, 1.165) is 50.3 Å². The van der Waals surface area contributed by atoms with Gasteiger partial charge in [0.15, 0.2) is 0 Å². The number of anilines is 4. The molecule has 0 saturated carbocycles. The SMILES string of the molecule is Cn1ccc2cnc(-n3c4ccccc4c4ccc(Oc5cc(N6CN(c7ccccc7)c7ccccc76)cc(C(C)(C)C)c5)cc43)cc21. The first-order valence-electron chi connectivity index (χ1n) is 16.8. The molecule has 4 heterocycles. The normalized spacial score (nSPS) is 13.1. The number of rotatable bonds is 5. The van der Waals surface area contributed by atoms with Crippen LogP contribution in [0, 0.1) is 0 Å². The maximum Gasteiger partial charge on any atom is 0.139 e. The quantitative estimate of drug-likeness (QED) is 0.188. The topological polar surface area (TPSA) is 38.5 Å². The second-order valence-electron chi connectivity index (χ2n) is 13.9. The molecule has 0 bridgehead atoms. The first-order chi connectivity index (χ1) is 23.8. The number of hydrogen-bond donors (Lipinski definition) is 0. The molecule has 9 rings (SSSR count). The number of hydrogen-bond acceptors (Lipinski definition) is 4. The minimum atomic E-state index is -0.0793. The summed E-state index contributed by atoms with van der Waals surface area (Å²) in [4.78, 5) is 9.67. The van der Waals surface area contributed by atoms with E-state index in [4.69, 9.17) is 9.72 Å². The number of aromatic nitrogens is 3. The van der Waals surface area contributed by atoms with E-state index in [1.165, 1.54) is 28.0 Å². The molecule has 0 atom stereocenters. The predicted octanol–water partition coefficient (Wildman–Crippen LogP) is 11.0. The average Bonchev–Trinajstić information content (AvgIpc) is 3.79. The summed E-state index contributed by atoms with van der Waals surface area (Å²) in [6.07, 6.45) is 4.04. The van der Waals surface area contributed by atoms with Gasteiger partial charge in [-0.25, -0.2) is 4.98 Å². The molecule has 49 heavy (non-hydrogen) atoms. The number of para-hydroxylation sites is 4. The van der Waals surface area contributed by atoms with Crippen molar-refractivity contribution in [3.05, 3.63) is 145 Å². The fourth-order valence-corrected chi connectivity index (χ4v) is 7.16. The zero-order chi connectivity index (χ0) is 33.3. The van der Waals surface area contributed by atoms with Crippen molar-refractivity contribution in [3.8, 4) is 17.3 Å². The fraction of sp³-hybridized carbons (Fsp3) is 0.140. The molecule has 8 aromatic rings.